The van der Waals surface area contributed by atoms with Crippen molar-refractivity contribution in [1.82, 2.24) is 0 Å². The Morgan fingerprint density at radius 2 is 2.07 bits per heavy atom. The van der Waals surface area contributed by atoms with E-state index in [0.717, 1.165) is 11.2 Å². The first-order valence-corrected chi connectivity index (χ1v) is 7.22. The van der Waals surface area contributed by atoms with Crippen molar-refractivity contribution in [2.24, 2.45) is 5.92 Å². The molecule has 1 heterocycles. The van der Waals surface area contributed by atoms with Crippen LogP contribution in [-0.4, -0.2) is 13.1 Å². The van der Waals surface area contributed by atoms with Crippen LogP contribution in [0.3, 0.4) is 0 Å². The molecule has 1 saturated carbocycles. The number of thioether (sulfide) groups is 1. The van der Waals surface area contributed by atoms with E-state index in [1.54, 1.807) is 10.5 Å². The van der Waals surface area contributed by atoms with Gasteiger partial charge in [-0.15, -0.1) is 11.8 Å². The Morgan fingerprint density at radius 3 is 2.80 bits per heavy atom. The molecule has 1 fully saturated rings. The van der Waals surface area contributed by atoms with Crippen molar-refractivity contribution in [2.75, 3.05) is 0 Å². The average molecular weight is 222 g/mol. The Hall–Kier alpha value is 0.155. The molecule has 0 nitrogen and oxygen atoms in total. The molecule has 2 heteroatoms. The second-order valence-corrected chi connectivity index (χ2v) is 7.57. The first kappa shape index (κ1) is 11.6. The summed E-state index contributed by atoms with van der Waals surface area (Å²) in [5.74, 6) is 0.898. The van der Waals surface area contributed by atoms with Crippen molar-refractivity contribution < 1.29 is 0 Å². The largest absolute Gasteiger partial charge is 0.127 e. The van der Waals surface area contributed by atoms with Gasteiger partial charge in [0.05, 0.1) is 0 Å². The Balaban J connectivity index is 2.14. The van der Waals surface area contributed by atoms with E-state index in [4.69, 9.17) is 0 Å². The lowest BCUT2D eigenvalue weighted by Gasteiger charge is -2.34. The van der Waals surface area contributed by atoms with Gasteiger partial charge in [0.1, 0.15) is 7.85 Å². The molecule has 0 amide bonds. The van der Waals surface area contributed by atoms with Gasteiger partial charge in [0, 0.05) is 5.25 Å². The van der Waals surface area contributed by atoms with Crippen LogP contribution in [-0.2, 0) is 0 Å². The van der Waals surface area contributed by atoms with Crippen molar-refractivity contribution >= 4 is 19.6 Å². The fourth-order valence-electron chi connectivity index (χ4n) is 3.14. The van der Waals surface area contributed by atoms with Gasteiger partial charge in [-0.2, -0.15) is 0 Å². The Labute approximate surface area is 99.7 Å². The molecule has 15 heavy (non-hydrogen) atoms. The van der Waals surface area contributed by atoms with Crippen LogP contribution >= 0.6 is 11.8 Å². The zero-order valence-electron chi connectivity index (χ0n) is 10.6. The number of hydrogen-bond donors (Lipinski definition) is 0. The maximum absolute atomic E-state index is 2.46. The van der Waals surface area contributed by atoms with E-state index >= 15 is 0 Å². The minimum absolute atomic E-state index is 0.571. The van der Waals surface area contributed by atoms with Gasteiger partial charge in [0.25, 0.3) is 0 Å². The lowest BCUT2D eigenvalue weighted by molar-refractivity contribution is 0.379. The molecule has 3 atom stereocenters. The van der Waals surface area contributed by atoms with Gasteiger partial charge < -0.3 is 0 Å². The van der Waals surface area contributed by atoms with E-state index in [0.29, 0.717) is 5.31 Å². The summed E-state index contributed by atoms with van der Waals surface area (Å²) >= 11 is 2.16. The fraction of sp³-hybridized carbons (Fsp3) is 0.846. The minimum atomic E-state index is 0.571. The fourth-order valence-corrected chi connectivity index (χ4v) is 4.97. The van der Waals surface area contributed by atoms with E-state index in [1.165, 1.54) is 32.1 Å². The van der Waals surface area contributed by atoms with E-state index in [2.05, 4.69) is 40.4 Å². The molecule has 0 N–H and O–H groups in total. The highest BCUT2D eigenvalue weighted by atomic mass is 32.2. The molecule has 0 spiro atoms. The minimum Gasteiger partial charge on any atom is -0.127 e. The van der Waals surface area contributed by atoms with Crippen molar-refractivity contribution in [3.63, 3.8) is 0 Å². The van der Waals surface area contributed by atoms with Crippen LogP contribution in [0, 0.1) is 5.92 Å². The summed E-state index contributed by atoms with van der Waals surface area (Å²) in [6.07, 6.45) is 7.16. The molecular formula is C13H23BS. The smallest absolute Gasteiger partial charge is 0.109 e. The molecule has 0 radical (unpaired) electrons. The standard InChI is InChI=1S/C13H23BS/c1-9-10(2)15-12-8-13(3,14)7-5-4-6-11(9)12/h11-12H,4-8,14H2,1-3H3. The average Bonchev–Trinajstić information content (AvgIpc) is 2.35. The molecule has 2 aliphatic rings. The van der Waals surface area contributed by atoms with Crippen LogP contribution in [0.15, 0.2) is 10.5 Å². The molecule has 1 aliphatic heterocycles. The Kier molecular flexibility index (Phi) is 3.26. The van der Waals surface area contributed by atoms with E-state index < -0.39 is 0 Å². The Morgan fingerprint density at radius 1 is 1.33 bits per heavy atom. The topological polar surface area (TPSA) is 0 Å². The SMILES string of the molecule is BC1(C)CCCCC2C(C)=C(C)SC2C1. The number of fused-ring (bicyclic) bond motifs is 1. The predicted octanol–water partition coefficient (Wildman–Crippen LogP) is 3.79. The lowest BCUT2D eigenvalue weighted by Crippen LogP contribution is -2.24. The summed E-state index contributed by atoms with van der Waals surface area (Å²) in [7, 11) is 2.46. The second kappa shape index (κ2) is 4.20. The molecule has 2 rings (SSSR count). The summed E-state index contributed by atoms with van der Waals surface area (Å²) in [6, 6.07) is 0. The molecule has 0 aromatic rings. The quantitative estimate of drug-likeness (QED) is 0.562. The summed E-state index contributed by atoms with van der Waals surface area (Å²) in [4.78, 5) is 1.61. The molecule has 0 aromatic heterocycles. The highest BCUT2D eigenvalue weighted by Gasteiger charge is 2.36. The third-order valence-corrected chi connectivity index (χ3v) is 5.73. The van der Waals surface area contributed by atoms with Gasteiger partial charge in [-0.05, 0) is 37.5 Å². The number of rotatable bonds is 0. The van der Waals surface area contributed by atoms with Crippen LogP contribution in [0.2, 0.25) is 5.31 Å². The van der Waals surface area contributed by atoms with Gasteiger partial charge in [0.15, 0.2) is 0 Å². The molecule has 0 saturated heterocycles. The highest BCUT2D eigenvalue weighted by molar-refractivity contribution is 8.03. The third-order valence-electron chi connectivity index (χ3n) is 4.26. The maximum Gasteiger partial charge on any atom is 0.109 e. The van der Waals surface area contributed by atoms with Crippen LogP contribution in [0.25, 0.3) is 0 Å². The number of hydrogen-bond acceptors (Lipinski definition) is 1. The number of allylic oxidation sites excluding steroid dienone is 2. The van der Waals surface area contributed by atoms with Gasteiger partial charge in [-0.3, -0.25) is 0 Å². The van der Waals surface area contributed by atoms with Crippen LogP contribution < -0.4 is 0 Å². The van der Waals surface area contributed by atoms with E-state index in [-0.39, 0.29) is 0 Å². The van der Waals surface area contributed by atoms with Crippen LogP contribution in [0.4, 0.5) is 0 Å². The van der Waals surface area contributed by atoms with Gasteiger partial charge in [-0.1, -0.05) is 37.1 Å². The van der Waals surface area contributed by atoms with Crippen molar-refractivity contribution in [2.45, 2.75) is 63.4 Å². The molecule has 0 bridgehead atoms. The maximum atomic E-state index is 2.46. The van der Waals surface area contributed by atoms with Gasteiger partial charge in [0.2, 0.25) is 0 Å². The van der Waals surface area contributed by atoms with E-state index in [9.17, 15) is 0 Å². The van der Waals surface area contributed by atoms with Gasteiger partial charge >= 0.3 is 0 Å². The molecule has 1 aliphatic carbocycles. The molecular weight excluding hydrogens is 199 g/mol. The van der Waals surface area contributed by atoms with Crippen molar-refractivity contribution in [3.05, 3.63) is 10.5 Å². The van der Waals surface area contributed by atoms with Crippen LogP contribution in [0.1, 0.15) is 52.9 Å². The van der Waals surface area contributed by atoms with Gasteiger partial charge in [-0.25, -0.2) is 0 Å². The predicted molar refractivity (Wildman–Crippen MR) is 73.2 cm³/mol. The monoisotopic (exact) mass is 222 g/mol. The lowest BCUT2D eigenvalue weighted by atomic mass is 9.62. The molecule has 84 valence electrons. The summed E-state index contributed by atoms with van der Waals surface area (Å²) in [6.45, 7) is 7.14. The molecule has 0 aromatic carbocycles. The van der Waals surface area contributed by atoms with Crippen molar-refractivity contribution in [3.8, 4) is 0 Å². The first-order chi connectivity index (χ1) is 6.99. The van der Waals surface area contributed by atoms with Crippen molar-refractivity contribution in [1.29, 1.82) is 0 Å². The second-order valence-electron chi connectivity index (χ2n) is 6.12. The zero-order valence-corrected chi connectivity index (χ0v) is 11.4. The summed E-state index contributed by atoms with van der Waals surface area (Å²) in [5.41, 5.74) is 1.70. The molecule has 3 unspecified atom stereocenters. The van der Waals surface area contributed by atoms with E-state index in [1.807, 2.05) is 0 Å². The summed E-state index contributed by atoms with van der Waals surface area (Å²) in [5, 5.41) is 1.46. The third kappa shape index (κ3) is 2.46. The first-order valence-electron chi connectivity index (χ1n) is 6.34. The zero-order chi connectivity index (χ0) is 11.1. The normalized spacial score (nSPS) is 42.3. The highest BCUT2D eigenvalue weighted by Crippen LogP contribution is 2.51. The Bertz CT molecular complexity index is 280. The summed E-state index contributed by atoms with van der Waals surface area (Å²) < 4.78 is 0. The van der Waals surface area contributed by atoms with Crippen LogP contribution in [0.5, 0.6) is 0 Å².